The number of likely N-dealkylation sites (tertiary alicyclic amines) is 1. The van der Waals surface area contributed by atoms with Crippen molar-refractivity contribution in [2.24, 2.45) is 5.73 Å². The van der Waals surface area contributed by atoms with E-state index in [-0.39, 0.29) is 17.5 Å². The number of carbonyl (C=O) groups excluding carboxylic acids is 2. The van der Waals surface area contributed by atoms with Crippen LogP contribution in [0.4, 0.5) is 4.39 Å². The predicted molar refractivity (Wildman–Crippen MR) is 122 cm³/mol. The number of hydrogen-bond acceptors (Lipinski definition) is 2. The number of nitrogens with two attached hydrogens (primary N) is 1. The van der Waals surface area contributed by atoms with Crippen LogP contribution in [0.3, 0.4) is 0 Å². The molecule has 0 bridgehead atoms. The van der Waals surface area contributed by atoms with Crippen LogP contribution in [-0.4, -0.2) is 23.3 Å². The second-order valence-corrected chi connectivity index (χ2v) is 8.35. The van der Waals surface area contributed by atoms with Gasteiger partial charge >= 0.3 is 0 Å². The Morgan fingerprint density at radius 2 is 1.91 bits per heavy atom. The van der Waals surface area contributed by atoms with Gasteiger partial charge in [0.1, 0.15) is 5.82 Å². The maximum atomic E-state index is 15.5. The van der Waals surface area contributed by atoms with Crippen LogP contribution in [0.5, 0.6) is 0 Å². The first-order valence-electron chi connectivity index (χ1n) is 10.8. The van der Waals surface area contributed by atoms with Crippen molar-refractivity contribution in [3.8, 4) is 22.3 Å². The minimum absolute atomic E-state index is 0.0614. The van der Waals surface area contributed by atoms with Gasteiger partial charge < -0.3 is 10.6 Å². The summed E-state index contributed by atoms with van der Waals surface area (Å²) in [4.78, 5) is 26.2. The molecule has 5 heteroatoms. The smallest absolute Gasteiger partial charge is 0.249 e. The number of halogens is 1. The normalized spacial score (nSPS) is 16.5. The molecule has 1 unspecified atom stereocenters. The molecule has 2 aliphatic rings. The third-order valence-corrected chi connectivity index (χ3v) is 6.58. The molecule has 3 aromatic carbocycles. The lowest BCUT2D eigenvalue weighted by atomic mass is 9.89. The average Bonchev–Trinajstić information content (AvgIpc) is 3.43. The zero-order chi connectivity index (χ0) is 22.4. The summed E-state index contributed by atoms with van der Waals surface area (Å²) in [5.41, 5.74) is 11.5. The van der Waals surface area contributed by atoms with E-state index in [1.165, 1.54) is 12.1 Å². The summed E-state index contributed by atoms with van der Waals surface area (Å²) in [6.07, 6.45) is 3.65. The van der Waals surface area contributed by atoms with Crippen LogP contribution in [-0.2, 0) is 11.2 Å². The lowest BCUT2D eigenvalue weighted by Crippen LogP contribution is -2.28. The molecular formula is C27H23FN2O2. The minimum atomic E-state index is -0.627. The Bertz CT molecular complexity index is 1280. The molecule has 3 aromatic rings. The van der Waals surface area contributed by atoms with E-state index in [1.54, 1.807) is 0 Å². The van der Waals surface area contributed by atoms with Crippen LogP contribution in [0.15, 0.2) is 67.3 Å². The van der Waals surface area contributed by atoms with E-state index in [4.69, 9.17) is 5.73 Å². The molecule has 0 aromatic heterocycles. The number of rotatable bonds is 4. The summed E-state index contributed by atoms with van der Waals surface area (Å²) in [5, 5.41) is 0. The molecule has 0 radical (unpaired) electrons. The number of nitrogens with zero attached hydrogens (tertiary/aromatic N) is 1. The molecule has 1 fully saturated rings. The molecule has 4 nitrogen and oxygen atoms in total. The van der Waals surface area contributed by atoms with Crippen molar-refractivity contribution in [2.75, 3.05) is 6.54 Å². The van der Waals surface area contributed by atoms with E-state index < -0.39 is 11.7 Å². The van der Waals surface area contributed by atoms with E-state index in [9.17, 15) is 9.59 Å². The summed E-state index contributed by atoms with van der Waals surface area (Å²) in [7, 11) is 0. The number of benzene rings is 3. The Labute approximate surface area is 186 Å². The molecule has 0 spiro atoms. The lowest BCUT2D eigenvalue weighted by molar-refractivity contribution is -0.126. The molecule has 2 amide bonds. The third-order valence-electron chi connectivity index (χ3n) is 6.58. The first kappa shape index (κ1) is 20.2. The number of primary amides is 1. The molecule has 1 heterocycles. The Morgan fingerprint density at radius 3 is 2.69 bits per heavy atom. The highest BCUT2D eigenvalue weighted by Gasteiger charge is 2.31. The largest absolute Gasteiger partial charge is 0.366 e. The van der Waals surface area contributed by atoms with E-state index >= 15 is 4.39 Å². The third kappa shape index (κ3) is 3.12. The molecule has 160 valence electrons. The van der Waals surface area contributed by atoms with Crippen LogP contribution >= 0.6 is 0 Å². The number of hydrogen-bond donors (Lipinski definition) is 1. The standard InChI is InChI=1S/C27H23FN2O2/c1-2-24(31)30-12-6-11-23(30)17-8-5-9-18(13-17)25-22(28)15-21(27(29)32)20-14-16-7-3-4-10-19(16)26(20)25/h2-5,7-10,13,15,23H,1,6,11-12,14H2,(H2,29,32). The van der Waals surface area contributed by atoms with Crippen LogP contribution in [0.25, 0.3) is 22.3 Å². The molecule has 32 heavy (non-hydrogen) atoms. The van der Waals surface area contributed by atoms with Crippen molar-refractivity contribution in [3.63, 3.8) is 0 Å². The van der Waals surface area contributed by atoms with Crippen molar-refractivity contribution in [1.82, 2.24) is 4.90 Å². The maximum Gasteiger partial charge on any atom is 0.249 e. The highest BCUT2D eigenvalue weighted by molar-refractivity contribution is 6.02. The first-order chi connectivity index (χ1) is 15.5. The fourth-order valence-corrected chi connectivity index (χ4v) is 5.18. The number of carbonyl (C=O) groups is 2. The molecule has 1 saturated heterocycles. The van der Waals surface area contributed by atoms with Gasteiger partial charge in [-0.3, -0.25) is 9.59 Å². The molecule has 0 saturated carbocycles. The second kappa shape index (κ2) is 7.75. The Hall–Kier alpha value is -3.73. The highest BCUT2D eigenvalue weighted by atomic mass is 19.1. The molecule has 5 rings (SSSR count). The molecule has 1 aliphatic heterocycles. The molecular weight excluding hydrogens is 403 g/mol. The lowest BCUT2D eigenvalue weighted by Gasteiger charge is -2.24. The molecule has 1 aliphatic carbocycles. The van der Waals surface area contributed by atoms with Crippen molar-refractivity contribution in [1.29, 1.82) is 0 Å². The van der Waals surface area contributed by atoms with Gasteiger partial charge in [0.05, 0.1) is 6.04 Å². The van der Waals surface area contributed by atoms with E-state index in [0.29, 0.717) is 18.5 Å². The summed E-state index contributed by atoms with van der Waals surface area (Å²) in [6, 6.07) is 16.7. The number of amides is 2. The Balaban J connectivity index is 1.69. The minimum Gasteiger partial charge on any atom is -0.366 e. The second-order valence-electron chi connectivity index (χ2n) is 8.35. The topological polar surface area (TPSA) is 63.4 Å². The van der Waals surface area contributed by atoms with Crippen molar-refractivity contribution >= 4 is 11.8 Å². The van der Waals surface area contributed by atoms with Crippen LogP contribution < -0.4 is 5.73 Å². The molecule has 2 N–H and O–H groups in total. The SMILES string of the molecule is C=CC(=O)N1CCCC1c1cccc(-c2c(F)cc(C(N)=O)c3c2-c2ccccc2C3)c1. The van der Waals surface area contributed by atoms with Gasteiger partial charge in [-0.25, -0.2) is 4.39 Å². The van der Waals surface area contributed by atoms with Crippen LogP contribution in [0.2, 0.25) is 0 Å². The van der Waals surface area contributed by atoms with E-state index in [0.717, 1.165) is 46.2 Å². The zero-order valence-electron chi connectivity index (χ0n) is 17.6. The van der Waals surface area contributed by atoms with Crippen molar-refractivity contribution in [2.45, 2.75) is 25.3 Å². The summed E-state index contributed by atoms with van der Waals surface area (Å²) < 4.78 is 15.5. The fourth-order valence-electron chi connectivity index (χ4n) is 5.18. The van der Waals surface area contributed by atoms with Gasteiger partial charge in [0, 0.05) is 17.7 Å². The van der Waals surface area contributed by atoms with Crippen molar-refractivity contribution in [3.05, 3.63) is 95.3 Å². The molecule has 1 atom stereocenters. The van der Waals surface area contributed by atoms with Crippen LogP contribution in [0.1, 0.15) is 45.9 Å². The maximum absolute atomic E-state index is 15.5. The Morgan fingerprint density at radius 1 is 1.09 bits per heavy atom. The number of fused-ring (bicyclic) bond motifs is 3. The van der Waals surface area contributed by atoms with Gasteiger partial charge in [0.25, 0.3) is 0 Å². The monoisotopic (exact) mass is 426 g/mol. The van der Waals surface area contributed by atoms with Gasteiger partial charge in [-0.2, -0.15) is 0 Å². The van der Waals surface area contributed by atoms with Crippen LogP contribution in [0, 0.1) is 5.82 Å². The zero-order valence-corrected chi connectivity index (χ0v) is 17.6. The van der Waals surface area contributed by atoms with Crippen molar-refractivity contribution < 1.29 is 14.0 Å². The van der Waals surface area contributed by atoms with E-state index in [1.807, 2.05) is 53.4 Å². The highest BCUT2D eigenvalue weighted by Crippen LogP contribution is 2.46. The van der Waals surface area contributed by atoms with Gasteiger partial charge in [0.15, 0.2) is 0 Å². The average molecular weight is 426 g/mol. The predicted octanol–water partition coefficient (Wildman–Crippen LogP) is 5.01. The first-order valence-corrected chi connectivity index (χ1v) is 10.8. The van der Waals surface area contributed by atoms with Gasteiger partial charge in [-0.05, 0) is 70.9 Å². The fraction of sp³-hybridized carbons (Fsp3) is 0.185. The quantitative estimate of drug-likeness (QED) is 0.466. The van der Waals surface area contributed by atoms with Gasteiger partial charge in [0.2, 0.25) is 11.8 Å². The summed E-state index contributed by atoms with van der Waals surface area (Å²) in [5.74, 6) is -1.20. The summed E-state index contributed by atoms with van der Waals surface area (Å²) in [6.45, 7) is 4.30. The van der Waals surface area contributed by atoms with Gasteiger partial charge in [-0.1, -0.05) is 49.0 Å². The van der Waals surface area contributed by atoms with Gasteiger partial charge in [-0.15, -0.1) is 0 Å². The Kier molecular flexibility index (Phi) is 4.89. The van der Waals surface area contributed by atoms with E-state index in [2.05, 4.69) is 6.58 Å². The summed E-state index contributed by atoms with van der Waals surface area (Å²) >= 11 is 0.